The van der Waals surface area contributed by atoms with Gasteiger partial charge in [0.05, 0.1) is 20.8 Å². The first-order valence-corrected chi connectivity index (χ1v) is 8.53. The Balaban J connectivity index is 1.77. The lowest BCUT2D eigenvalue weighted by atomic mass is 10.2. The van der Waals surface area contributed by atoms with Crippen LogP contribution >= 0.6 is 0 Å². The van der Waals surface area contributed by atoms with Crippen LogP contribution in [-0.4, -0.2) is 27.4 Å². The van der Waals surface area contributed by atoms with Gasteiger partial charge in [0.25, 0.3) is 0 Å². The molecule has 0 heterocycles. The molecule has 4 heteroatoms. The third-order valence-corrected chi connectivity index (χ3v) is 4.10. The third kappa shape index (κ3) is 4.48. The number of ether oxygens (including phenoxy) is 3. The van der Waals surface area contributed by atoms with E-state index < -0.39 is 0 Å². The zero-order valence-corrected chi connectivity index (χ0v) is 15.1. The maximum atomic E-state index is 5.88. The highest BCUT2D eigenvalue weighted by Crippen LogP contribution is 2.28. The van der Waals surface area contributed by atoms with Crippen LogP contribution in [0.3, 0.4) is 0 Å². The molecule has 0 spiro atoms. The minimum atomic E-state index is 0.571. The number of hydrogen-bond acceptors (Lipinski definition) is 4. The summed E-state index contributed by atoms with van der Waals surface area (Å²) in [6.07, 6.45) is 0. The van der Waals surface area contributed by atoms with Gasteiger partial charge in [-0.15, -0.1) is 0 Å². The number of hydrogen-bond donors (Lipinski definition) is 0. The summed E-state index contributed by atoms with van der Waals surface area (Å²) in [5.41, 5.74) is 2.15. The Morgan fingerprint density at radius 3 is 1.58 bits per heavy atom. The fourth-order valence-corrected chi connectivity index (χ4v) is 2.70. The molecule has 0 radical (unpaired) electrons. The first kappa shape index (κ1) is 17.7. The minimum absolute atomic E-state index is 0.571. The Morgan fingerprint density at radius 2 is 1.12 bits per heavy atom. The first-order chi connectivity index (χ1) is 12.8. The fraction of sp³-hybridized carbons (Fsp3) is 0.182. The van der Waals surface area contributed by atoms with Crippen molar-refractivity contribution in [2.75, 3.05) is 32.3 Å². The van der Waals surface area contributed by atoms with Crippen LogP contribution < -0.4 is 19.1 Å². The highest BCUT2D eigenvalue weighted by Gasteiger charge is 2.10. The van der Waals surface area contributed by atoms with Crippen LogP contribution in [0.2, 0.25) is 0 Å². The Kier molecular flexibility index (Phi) is 5.99. The van der Waals surface area contributed by atoms with Crippen LogP contribution in [0.15, 0.2) is 78.9 Å². The molecule has 134 valence electrons. The summed E-state index contributed by atoms with van der Waals surface area (Å²) in [6, 6.07) is 25.9. The van der Waals surface area contributed by atoms with Gasteiger partial charge in [0, 0.05) is 11.4 Å². The lowest BCUT2D eigenvalue weighted by Gasteiger charge is -2.25. The molecule has 0 atom stereocenters. The van der Waals surface area contributed by atoms with Gasteiger partial charge < -0.3 is 19.1 Å². The van der Waals surface area contributed by atoms with E-state index in [1.165, 1.54) is 0 Å². The molecule has 0 bridgehead atoms. The zero-order valence-electron chi connectivity index (χ0n) is 15.1. The van der Waals surface area contributed by atoms with E-state index in [2.05, 4.69) is 4.90 Å². The van der Waals surface area contributed by atoms with Crippen molar-refractivity contribution in [1.29, 1.82) is 0 Å². The number of benzene rings is 3. The van der Waals surface area contributed by atoms with E-state index in [1.807, 2.05) is 78.9 Å². The maximum Gasteiger partial charge on any atom is 0.119 e. The van der Waals surface area contributed by atoms with E-state index in [0.29, 0.717) is 13.2 Å². The van der Waals surface area contributed by atoms with E-state index in [-0.39, 0.29) is 0 Å². The van der Waals surface area contributed by atoms with Crippen LogP contribution in [0.4, 0.5) is 11.4 Å². The van der Waals surface area contributed by atoms with Gasteiger partial charge in [-0.05, 0) is 60.7 Å². The molecule has 0 unspecified atom stereocenters. The molecule has 0 amide bonds. The van der Waals surface area contributed by atoms with Gasteiger partial charge in [-0.1, -0.05) is 18.2 Å². The van der Waals surface area contributed by atoms with E-state index in [9.17, 15) is 0 Å². The van der Waals surface area contributed by atoms with Crippen molar-refractivity contribution in [3.63, 3.8) is 0 Å². The number of methoxy groups -OCH3 is 2. The van der Waals surface area contributed by atoms with Gasteiger partial charge >= 0.3 is 0 Å². The van der Waals surface area contributed by atoms with Crippen molar-refractivity contribution < 1.29 is 14.2 Å². The van der Waals surface area contributed by atoms with Crippen molar-refractivity contribution >= 4 is 11.4 Å². The number of nitrogens with zero attached hydrogens (tertiary/aromatic N) is 1. The molecule has 0 saturated heterocycles. The molecule has 4 nitrogen and oxygen atoms in total. The summed E-state index contributed by atoms with van der Waals surface area (Å²) in [5.74, 6) is 2.55. The Bertz CT molecular complexity index is 738. The monoisotopic (exact) mass is 349 g/mol. The van der Waals surface area contributed by atoms with Crippen LogP contribution in [-0.2, 0) is 0 Å². The number of anilines is 2. The lowest BCUT2D eigenvalue weighted by molar-refractivity contribution is 0.327. The molecule has 26 heavy (non-hydrogen) atoms. The SMILES string of the molecule is COc1ccc(N(CCOc2ccccc2)c2ccc(OC)cc2)cc1. The predicted octanol–water partition coefficient (Wildman–Crippen LogP) is 4.92. The van der Waals surface area contributed by atoms with Gasteiger partial charge in [0.15, 0.2) is 0 Å². The van der Waals surface area contributed by atoms with Crippen molar-refractivity contribution in [2.45, 2.75) is 0 Å². The molecular formula is C22H23NO3. The van der Waals surface area contributed by atoms with E-state index in [1.54, 1.807) is 14.2 Å². The summed E-state index contributed by atoms with van der Waals surface area (Å²) < 4.78 is 16.4. The molecular weight excluding hydrogens is 326 g/mol. The quantitative estimate of drug-likeness (QED) is 0.577. The number of para-hydroxylation sites is 1. The maximum absolute atomic E-state index is 5.88. The average molecular weight is 349 g/mol. The second kappa shape index (κ2) is 8.81. The van der Waals surface area contributed by atoms with E-state index in [0.717, 1.165) is 28.6 Å². The van der Waals surface area contributed by atoms with Gasteiger partial charge in [0.1, 0.15) is 23.9 Å². The molecule has 0 aliphatic carbocycles. The fourth-order valence-electron chi connectivity index (χ4n) is 2.70. The minimum Gasteiger partial charge on any atom is -0.497 e. The highest BCUT2D eigenvalue weighted by atomic mass is 16.5. The van der Waals surface area contributed by atoms with Gasteiger partial charge in [-0.3, -0.25) is 0 Å². The topological polar surface area (TPSA) is 30.9 Å². The second-order valence-electron chi connectivity index (χ2n) is 5.71. The summed E-state index contributed by atoms with van der Waals surface area (Å²) in [6.45, 7) is 1.29. The van der Waals surface area contributed by atoms with Gasteiger partial charge in [-0.2, -0.15) is 0 Å². The van der Waals surface area contributed by atoms with Crippen molar-refractivity contribution in [1.82, 2.24) is 0 Å². The number of rotatable bonds is 8. The highest BCUT2D eigenvalue weighted by molar-refractivity contribution is 5.64. The average Bonchev–Trinajstić information content (AvgIpc) is 2.72. The lowest BCUT2D eigenvalue weighted by Crippen LogP contribution is -2.23. The smallest absolute Gasteiger partial charge is 0.119 e. The summed E-state index contributed by atoms with van der Waals surface area (Å²) in [7, 11) is 3.34. The zero-order chi connectivity index (χ0) is 18.2. The molecule has 0 aliphatic rings. The molecule has 0 N–H and O–H groups in total. The first-order valence-electron chi connectivity index (χ1n) is 8.53. The Hall–Kier alpha value is -3.14. The molecule has 3 rings (SSSR count). The molecule has 0 aromatic heterocycles. The van der Waals surface area contributed by atoms with Crippen molar-refractivity contribution in [3.05, 3.63) is 78.9 Å². The van der Waals surface area contributed by atoms with E-state index >= 15 is 0 Å². The second-order valence-corrected chi connectivity index (χ2v) is 5.71. The van der Waals surface area contributed by atoms with Crippen LogP contribution in [0, 0.1) is 0 Å². The standard InChI is InChI=1S/C22H23NO3/c1-24-20-12-8-18(9-13-20)23(19-10-14-21(25-2)15-11-19)16-17-26-22-6-4-3-5-7-22/h3-15H,16-17H2,1-2H3. The third-order valence-electron chi connectivity index (χ3n) is 4.10. The molecule has 0 fully saturated rings. The molecule has 0 aliphatic heterocycles. The molecule has 3 aromatic carbocycles. The Morgan fingerprint density at radius 1 is 0.615 bits per heavy atom. The van der Waals surface area contributed by atoms with Crippen molar-refractivity contribution in [3.8, 4) is 17.2 Å². The summed E-state index contributed by atoms with van der Waals surface area (Å²) in [5, 5.41) is 0. The van der Waals surface area contributed by atoms with Gasteiger partial charge in [-0.25, -0.2) is 0 Å². The molecule has 0 saturated carbocycles. The van der Waals surface area contributed by atoms with Crippen LogP contribution in [0.25, 0.3) is 0 Å². The largest absolute Gasteiger partial charge is 0.497 e. The van der Waals surface area contributed by atoms with E-state index in [4.69, 9.17) is 14.2 Å². The molecule has 3 aromatic rings. The summed E-state index contributed by atoms with van der Waals surface area (Å²) >= 11 is 0. The normalized spacial score (nSPS) is 10.2. The van der Waals surface area contributed by atoms with Crippen molar-refractivity contribution in [2.24, 2.45) is 0 Å². The summed E-state index contributed by atoms with van der Waals surface area (Å²) in [4.78, 5) is 2.21. The van der Waals surface area contributed by atoms with Crippen LogP contribution in [0.1, 0.15) is 0 Å². The Labute approximate surface area is 154 Å². The van der Waals surface area contributed by atoms with Crippen LogP contribution in [0.5, 0.6) is 17.2 Å². The van der Waals surface area contributed by atoms with Gasteiger partial charge in [0.2, 0.25) is 0 Å². The predicted molar refractivity (Wildman–Crippen MR) is 105 cm³/mol.